The maximum absolute atomic E-state index is 5.66. The number of nitrogens with zero attached hydrogens (tertiary/aromatic N) is 1. The monoisotopic (exact) mass is 290 g/mol. The summed E-state index contributed by atoms with van der Waals surface area (Å²) in [4.78, 5) is 2.61. The van der Waals surface area contributed by atoms with Gasteiger partial charge in [0.05, 0.1) is 6.61 Å². The minimum absolute atomic E-state index is 0.501. The first-order valence-corrected chi connectivity index (χ1v) is 8.36. The molecule has 3 nitrogen and oxygen atoms in total. The molecule has 21 heavy (non-hydrogen) atoms. The second-order valence-electron chi connectivity index (χ2n) is 6.13. The van der Waals surface area contributed by atoms with E-state index in [0.717, 1.165) is 31.2 Å². The van der Waals surface area contributed by atoms with Crippen LogP contribution in [-0.2, 0) is 0 Å². The smallest absolute Gasteiger partial charge is 0.119 e. The van der Waals surface area contributed by atoms with Crippen LogP contribution in [-0.4, -0.2) is 38.2 Å². The fourth-order valence-corrected chi connectivity index (χ4v) is 3.11. The Balaban J connectivity index is 1.87. The number of hydrogen-bond donors (Lipinski definition) is 1. The largest absolute Gasteiger partial charge is 0.494 e. The van der Waals surface area contributed by atoms with Crippen LogP contribution in [0.3, 0.4) is 0 Å². The van der Waals surface area contributed by atoms with Gasteiger partial charge in [0.25, 0.3) is 0 Å². The fourth-order valence-electron chi connectivity index (χ4n) is 3.11. The van der Waals surface area contributed by atoms with E-state index < -0.39 is 0 Å². The zero-order valence-electron chi connectivity index (χ0n) is 13.8. The molecule has 3 heteroatoms. The number of nitrogens with one attached hydrogen (secondary N) is 1. The number of piperidine rings is 1. The quantitative estimate of drug-likeness (QED) is 0.832. The highest BCUT2D eigenvalue weighted by Crippen LogP contribution is 2.27. The molecule has 0 aromatic heterocycles. The standard InChI is InChI=1S/C18H30N2O/c1-4-13-21-18-7-5-17(6-8-18)15(2)20-11-9-16(10-12-20)14-19-3/h5-8,15-16,19H,4,9-14H2,1-3H3. The molecule has 1 heterocycles. The number of benzene rings is 1. The second kappa shape index (κ2) is 8.40. The lowest BCUT2D eigenvalue weighted by Gasteiger charge is -2.36. The highest BCUT2D eigenvalue weighted by molar-refractivity contribution is 5.29. The van der Waals surface area contributed by atoms with Crippen molar-refractivity contribution in [2.75, 3.05) is 33.3 Å². The van der Waals surface area contributed by atoms with Crippen molar-refractivity contribution in [1.29, 1.82) is 0 Å². The maximum Gasteiger partial charge on any atom is 0.119 e. The predicted molar refractivity (Wildman–Crippen MR) is 88.9 cm³/mol. The van der Waals surface area contributed by atoms with Crippen molar-refractivity contribution in [2.24, 2.45) is 5.92 Å². The van der Waals surface area contributed by atoms with Crippen molar-refractivity contribution in [3.8, 4) is 5.75 Å². The molecule has 0 amide bonds. The Bertz CT molecular complexity index is 396. The summed E-state index contributed by atoms with van der Waals surface area (Å²) in [5.74, 6) is 1.84. The summed E-state index contributed by atoms with van der Waals surface area (Å²) in [6.07, 6.45) is 3.67. The van der Waals surface area contributed by atoms with Gasteiger partial charge in [-0.25, -0.2) is 0 Å². The predicted octanol–water partition coefficient (Wildman–Crippen LogP) is 3.47. The lowest BCUT2D eigenvalue weighted by atomic mass is 9.94. The number of hydrogen-bond acceptors (Lipinski definition) is 3. The Hall–Kier alpha value is -1.06. The average molecular weight is 290 g/mol. The normalized spacial score (nSPS) is 18.6. The lowest BCUT2D eigenvalue weighted by molar-refractivity contribution is 0.141. The van der Waals surface area contributed by atoms with Gasteiger partial charge in [-0.1, -0.05) is 19.1 Å². The minimum Gasteiger partial charge on any atom is -0.494 e. The molecule has 1 aromatic carbocycles. The zero-order chi connectivity index (χ0) is 15.1. The minimum atomic E-state index is 0.501. The molecular weight excluding hydrogens is 260 g/mol. The van der Waals surface area contributed by atoms with Crippen LogP contribution in [0.2, 0.25) is 0 Å². The van der Waals surface area contributed by atoms with Crippen LogP contribution < -0.4 is 10.1 Å². The van der Waals surface area contributed by atoms with E-state index in [1.54, 1.807) is 0 Å². The van der Waals surface area contributed by atoms with Crippen molar-refractivity contribution >= 4 is 0 Å². The first kappa shape index (κ1) is 16.3. The highest BCUT2D eigenvalue weighted by Gasteiger charge is 2.23. The van der Waals surface area contributed by atoms with E-state index in [0.29, 0.717) is 6.04 Å². The molecule has 118 valence electrons. The van der Waals surface area contributed by atoms with Crippen LogP contribution in [0.1, 0.15) is 44.7 Å². The number of likely N-dealkylation sites (tertiary alicyclic amines) is 1. The third kappa shape index (κ3) is 4.72. The van der Waals surface area contributed by atoms with E-state index in [2.05, 4.69) is 55.4 Å². The second-order valence-corrected chi connectivity index (χ2v) is 6.13. The van der Waals surface area contributed by atoms with Crippen LogP contribution in [0, 0.1) is 5.92 Å². The first-order chi connectivity index (χ1) is 10.2. The van der Waals surface area contributed by atoms with Crippen LogP contribution in [0.4, 0.5) is 0 Å². The van der Waals surface area contributed by atoms with Crippen molar-refractivity contribution in [3.05, 3.63) is 29.8 Å². The molecule has 1 aromatic rings. The summed E-state index contributed by atoms with van der Waals surface area (Å²) >= 11 is 0. The lowest BCUT2D eigenvalue weighted by Crippen LogP contribution is -2.38. The molecule has 1 N–H and O–H groups in total. The summed E-state index contributed by atoms with van der Waals surface area (Å²) in [5, 5.41) is 3.30. The van der Waals surface area contributed by atoms with E-state index >= 15 is 0 Å². The topological polar surface area (TPSA) is 24.5 Å². The Morgan fingerprint density at radius 3 is 2.48 bits per heavy atom. The average Bonchev–Trinajstić information content (AvgIpc) is 2.54. The molecule has 0 bridgehead atoms. The molecule has 0 aliphatic carbocycles. The van der Waals surface area contributed by atoms with Gasteiger partial charge in [0.2, 0.25) is 0 Å². The van der Waals surface area contributed by atoms with E-state index in [4.69, 9.17) is 4.74 Å². The molecule has 1 atom stereocenters. The van der Waals surface area contributed by atoms with Crippen molar-refractivity contribution < 1.29 is 4.74 Å². The van der Waals surface area contributed by atoms with Gasteiger partial charge in [-0.2, -0.15) is 0 Å². The molecule has 1 fully saturated rings. The van der Waals surface area contributed by atoms with E-state index in [-0.39, 0.29) is 0 Å². The Morgan fingerprint density at radius 1 is 1.24 bits per heavy atom. The maximum atomic E-state index is 5.66. The SMILES string of the molecule is CCCOc1ccc(C(C)N2CCC(CNC)CC2)cc1. The van der Waals surface area contributed by atoms with Gasteiger partial charge in [-0.3, -0.25) is 4.90 Å². The van der Waals surface area contributed by atoms with Gasteiger partial charge in [-0.15, -0.1) is 0 Å². The molecule has 0 radical (unpaired) electrons. The third-order valence-corrected chi connectivity index (χ3v) is 4.53. The van der Waals surface area contributed by atoms with Crippen molar-refractivity contribution in [3.63, 3.8) is 0 Å². The Morgan fingerprint density at radius 2 is 1.90 bits per heavy atom. The van der Waals surface area contributed by atoms with Crippen molar-refractivity contribution in [2.45, 2.75) is 39.2 Å². The van der Waals surface area contributed by atoms with Crippen LogP contribution in [0.15, 0.2) is 24.3 Å². The van der Waals surface area contributed by atoms with Crippen LogP contribution in [0.5, 0.6) is 5.75 Å². The Kier molecular flexibility index (Phi) is 6.52. The summed E-state index contributed by atoms with van der Waals surface area (Å²) in [7, 11) is 2.05. The highest BCUT2D eigenvalue weighted by atomic mass is 16.5. The van der Waals surface area contributed by atoms with Gasteiger partial charge >= 0.3 is 0 Å². The van der Waals surface area contributed by atoms with Crippen LogP contribution >= 0.6 is 0 Å². The van der Waals surface area contributed by atoms with E-state index in [1.165, 1.54) is 31.5 Å². The molecular formula is C18H30N2O. The third-order valence-electron chi connectivity index (χ3n) is 4.53. The van der Waals surface area contributed by atoms with Crippen LogP contribution in [0.25, 0.3) is 0 Å². The van der Waals surface area contributed by atoms with E-state index in [9.17, 15) is 0 Å². The molecule has 1 aliphatic heterocycles. The molecule has 1 unspecified atom stereocenters. The van der Waals surface area contributed by atoms with Gasteiger partial charge < -0.3 is 10.1 Å². The molecule has 0 spiro atoms. The first-order valence-electron chi connectivity index (χ1n) is 8.36. The van der Waals surface area contributed by atoms with Gasteiger partial charge in [0.15, 0.2) is 0 Å². The molecule has 0 saturated carbocycles. The summed E-state index contributed by atoms with van der Waals surface area (Å²) in [6, 6.07) is 9.15. The molecule has 1 saturated heterocycles. The van der Waals surface area contributed by atoms with Gasteiger partial charge in [0.1, 0.15) is 5.75 Å². The number of ether oxygens (including phenoxy) is 1. The van der Waals surface area contributed by atoms with Gasteiger partial charge in [-0.05, 0) is 76.5 Å². The molecule has 1 aliphatic rings. The Labute approximate surface area is 129 Å². The summed E-state index contributed by atoms with van der Waals surface area (Å²) < 4.78 is 5.66. The van der Waals surface area contributed by atoms with Gasteiger partial charge in [0, 0.05) is 6.04 Å². The van der Waals surface area contributed by atoms with E-state index in [1.807, 2.05) is 0 Å². The summed E-state index contributed by atoms with van der Waals surface area (Å²) in [5.41, 5.74) is 1.39. The zero-order valence-corrected chi connectivity index (χ0v) is 13.8. The fraction of sp³-hybridized carbons (Fsp3) is 0.667. The molecule has 2 rings (SSSR count). The number of rotatable bonds is 7. The summed E-state index contributed by atoms with van der Waals surface area (Å²) in [6.45, 7) is 8.83. The van der Waals surface area contributed by atoms with Crippen molar-refractivity contribution in [1.82, 2.24) is 10.2 Å².